The van der Waals surface area contributed by atoms with Gasteiger partial charge in [0.05, 0.1) is 25.7 Å². The smallest absolute Gasteiger partial charge is 0.330 e. The fourth-order valence-corrected chi connectivity index (χ4v) is 4.20. The van der Waals surface area contributed by atoms with E-state index in [1.807, 2.05) is 0 Å². The van der Waals surface area contributed by atoms with E-state index in [4.69, 9.17) is 19.5 Å². The van der Waals surface area contributed by atoms with Crippen molar-refractivity contribution in [2.75, 3.05) is 31.7 Å². The summed E-state index contributed by atoms with van der Waals surface area (Å²) in [5.41, 5.74) is 5.79. The van der Waals surface area contributed by atoms with Crippen LogP contribution in [-0.4, -0.2) is 45.5 Å². The highest BCUT2D eigenvalue weighted by Gasteiger charge is 2.22. The molecule has 10 nitrogen and oxygen atoms in total. The van der Waals surface area contributed by atoms with E-state index in [2.05, 4.69) is 15.0 Å². The number of imidazole rings is 1. The van der Waals surface area contributed by atoms with Gasteiger partial charge >= 0.3 is 7.60 Å². The second-order valence-corrected chi connectivity index (χ2v) is 7.79. The number of nitrogen functional groups attached to an aromatic ring is 1. The molecule has 0 fully saturated rings. The molecular weight excluding hydrogens is 361 g/mol. The van der Waals surface area contributed by atoms with Crippen molar-refractivity contribution in [1.82, 2.24) is 19.5 Å². The second-order valence-electron chi connectivity index (χ2n) is 5.61. The number of rotatable bonds is 12. The van der Waals surface area contributed by atoms with E-state index < -0.39 is 7.60 Å². The average molecular weight is 387 g/mol. The normalized spacial score (nSPS) is 12.1. The van der Waals surface area contributed by atoms with Crippen LogP contribution in [0.15, 0.2) is 11.1 Å². The number of nitrogens with zero attached hydrogens (tertiary/aromatic N) is 3. The molecule has 0 saturated carbocycles. The first-order valence-electron chi connectivity index (χ1n) is 8.65. The van der Waals surface area contributed by atoms with Gasteiger partial charge in [-0.15, -0.1) is 0 Å². The fraction of sp³-hybridized carbons (Fsp3) is 0.667. The molecule has 0 amide bonds. The third-order valence-electron chi connectivity index (χ3n) is 3.60. The summed E-state index contributed by atoms with van der Waals surface area (Å²) in [6.07, 6.45) is 4.29. The zero-order chi connectivity index (χ0) is 19.0. The molecule has 0 aliphatic heterocycles. The van der Waals surface area contributed by atoms with Gasteiger partial charge in [0.15, 0.2) is 11.2 Å². The number of anilines is 1. The summed E-state index contributed by atoms with van der Waals surface area (Å²) < 4.78 is 30.0. The van der Waals surface area contributed by atoms with E-state index in [1.165, 1.54) is 6.33 Å². The minimum absolute atomic E-state index is 0.0391. The molecule has 0 bridgehead atoms. The quantitative estimate of drug-likeness (QED) is 0.418. The van der Waals surface area contributed by atoms with Crippen molar-refractivity contribution < 1.29 is 18.3 Å². The summed E-state index contributed by atoms with van der Waals surface area (Å²) in [4.78, 5) is 22.2. The van der Waals surface area contributed by atoms with E-state index in [-0.39, 0.29) is 23.8 Å². The van der Waals surface area contributed by atoms with Gasteiger partial charge in [-0.3, -0.25) is 18.9 Å². The fourth-order valence-electron chi connectivity index (χ4n) is 2.47. The van der Waals surface area contributed by atoms with Gasteiger partial charge in [0, 0.05) is 6.61 Å². The van der Waals surface area contributed by atoms with Crippen LogP contribution in [0.2, 0.25) is 0 Å². The molecule has 0 unspecified atom stereocenters. The topological polar surface area (TPSA) is 134 Å². The third kappa shape index (κ3) is 5.63. The number of nitrogens with one attached hydrogen (secondary N) is 1. The molecule has 2 heterocycles. The van der Waals surface area contributed by atoms with Gasteiger partial charge in [-0.2, -0.15) is 4.98 Å². The molecule has 3 N–H and O–H groups in total. The van der Waals surface area contributed by atoms with Gasteiger partial charge in [0.2, 0.25) is 5.95 Å². The molecule has 0 aromatic carbocycles. The van der Waals surface area contributed by atoms with Crippen LogP contribution in [0, 0.1) is 0 Å². The molecule has 0 radical (unpaired) electrons. The predicted molar refractivity (Wildman–Crippen MR) is 98.1 cm³/mol. The van der Waals surface area contributed by atoms with Crippen molar-refractivity contribution in [3.05, 3.63) is 16.7 Å². The molecule has 0 saturated heterocycles. The third-order valence-corrected chi connectivity index (χ3v) is 5.76. The summed E-state index contributed by atoms with van der Waals surface area (Å²) >= 11 is 0. The van der Waals surface area contributed by atoms with Crippen molar-refractivity contribution in [3.63, 3.8) is 0 Å². The van der Waals surface area contributed by atoms with E-state index in [0.717, 1.165) is 19.3 Å². The Morgan fingerprint density at radius 3 is 2.65 bits per heavy atom. The Kier molecular flexibility index (Phi) is 7.77. The Morgan fingerprint density at radius 1 is 1.23 bits per heavy atom. The monoisotopic (exact) mass is 387 g/mol. The highest BCUT2D eigenvalue weighted by molar-refractivity contribution is 7.53. The minimum atomic E-state index is -2.96. The largest absolute Gasteiger partial charge is 0.369 e. The average Bonchev–Trinajstić information content (AvgIpc) is 2.97. The van der Waals surface area contributed by atoms with Gasteiger partial charge in [0.25, 0.3) is 5.56 Å². The number of hydrogen-bond acceptors (Lipinski definition) is 8. The van der Waals surface area contributed by atoms with Crippen molar-refractivity contribution in [1.29, 1.82) is 0 Å². The second kappa shape index (κ2) is 9.82. The SMILES string of the molecule is CCOP(=O)(CCCCCOCn1cnc2c(=O)[nH]c(N)nc21)OCC. The van der Waals surface area contributed by atoms with Crippen molar-refractivity contribution in [3.8, 4) is 0 Å². The zero-order valence-corrected chi connectivity index (χ0v) is 16.0. The molecule has 0 aliphatic carbocycles. The van der Waals surface area contributed by atoms with E-state index in [1.54, 1.807) is 18.4 Å². The molecule has 26 heavy (non-hydrogen) atoms. The van der Waals surface area contributed by atoms with Gasteiger partial charge < -0.3 is 19.5 Å². The lowest BCUT2D eigenvalue weighted by Crippen LogP contribution is -2.12. The number of nitrogens with two attached hydrogens (primary N) is 1. The molecular formula is C15H26N5O5P. The van der Waals surface area contributed by atoms with E-state index in [9.17, 15) is 9.36 Å². The summed E-state index contributed by atoms with van der Waals surface area (Å²) in [7, 11) is -2.96. The van der Waals surface area contributed by atoms with Crippen LogP contribution in [-0.2, 0) is 25.1 Å². The predicted octanol–water partition coefficient (Wildman–Crippen LogP) is 2.11. The van der Waals surface area contributed by atoms with Crippen LogP contribution in [0.3, 0.4) is 0 Å². The molecule has 2 aromatic rings. The van der Waals surface area contributed by atoms with Crippen LogP contribution >= 0.6 is 7.60 Å². The van der Waals surface area contributed by atoms with Gasteiger partial charge in [0.1, 0.15) is 6.73 Å². The number of unbranched alkanes of at least 4 members (excludes halogenated alkanes) is 2. The Hall–Kier alpha value is -1.74. The number of H-pyrrole nitrogens is 1. The van der Waals surface area contributed by atoms with Crippen molar-refractivity contribution >= 4 is 24.7 Å². The number of hydrogen-bond donors (Lipinski definition) is 2. The van der Waals surface area contributed by atoms with E-state index >= 15 is 0 Å². The summed E-state index contributed by atoms with van der Waals surface area (Å²) in [5.74, 6) is 0.0391. The van der Waals surface area contributed by atoms with Crippen LogP contribution in [0.5, 0.6) is 0 Å². The van der Waals surface area contributed by atoms with Crippen LogP contribution in [0.25, 0.3) is 11.2 Å². The van der Waals surface area contributed by atoms with Crippen LogP contribution in [0.4, 0.5) is 5.95 Å². The zero-order valence-electron chi connectivity index (χ0n) is 15.1. The maximum Gasteiger partial charge on any atom is 0.330 e. The number of ether oxygens (including phenoxy) is 1. The number of aromatic amines is 1. The Morgan fingerprint density at radius 2 is 1.96 bits per heavy atom. The van der Waals surface area contributed by atoms with Gasteiger partial charge in [-0.1, -0.05) is 6.42 Å². The van der Waals surface area contributed by atoms with Crippen LogP contribution < -0.4 is 11.3 Å². The Labute approximate surface area is 151 Å². The maximum atomic E-state index is 12.3. The highest BCUT2D eigenvalue weighted by atomic mass is 31.2. The minimum Gasteiger partial charge on any atom is -0.369 e. The Bertz CT molecular complexity index is 795. The molecule has 2 rings (SSSR count). The van der Waals surface area contributed by atoms with E-state index in [0.29, 0.717) is 31.6 Å². The van der Waals surface area contributed by atoms with Crippen molar-refractivity contribution in [2.45, 2.75) is 39.8 Å². The van der Waals surface area contributed by atoms with Crippen LogP contribution in [0.1, 0.15) is 33.1 Å². The molecule has 11 heteroatoms. The lowest BCUT2D eigenvalue weighted by Gasteiger charge is -2.16. The first kappa shape index (κ1) is 20.6. The van der Waals surface area contributed by atoms with Gasteiger partial charge in [-0.25, -0.2) is 4.98 Å². The maximum absolute atomic E-state index is 12.3. The Balaban J connectivity index is 1.71. The summed E-state index contributed by atoms with van der Waals surface area (Å²) in [6.45, 7) is 5.10. The standard InChI is InChI=1S/C15H26N5O5P/c1-3-24-26(22,25-4-2)9-7-5-6-8-23-11-20-10-17-12-13(20)18-15(16)19-14(12)21/h10H,3-9,11H2,1-2H3,(H3,16,18,19,21). The lowest BCUT2D eigenvalue weighted by molar-refractivity contribution is 0.0762. The molecule has 0 aliphatic rings. The first-order valence-corrected chi connectivity index (χ1v) is 10.4. The lowest BCUT2D eigenvalue weighted by atomic mass is 10.3. The number of fused-ring (bicyclic) bond motifs is 1. The molecule has 2 aromatic heterocycles. The van der Waals surface area contributed by atoms with Crippen molar-refractivity contribution in [2.24, 2.45) is 0 Å². The number of aromatic nitrogens is 4. The van der Waals surface area contributed by atoms with Gasteiger partial charge in [-0.05, 0) is 26.7 Å². The first-order chi connectivity index (χ1) is 12.5. The molecule has 146 valence electrons. The summed E-state index contributed by atoms with van der Waals surface area (Å²) in [5, 5.41) is 0. The molecule has 0 spiro atoms. The summed E-state index contributed by atoms with van der Waals surface area (Å²) in [6, 6.07) is 0. The molecule has 0 atom stereocenters. The highest BCUT2D eigenvalue weighted by Crippen LogP contribution is 2.48.